The highest BCUT2D eigenvalue weighted by atomic mass is 32.2. The Morgan fingerprint density at radius 1 is 1.29 bits per heavy atom. The Morgan fingerprint density at radius 3 is 2.33 bits per heavy atom. The number of hydrogen-bond donors (Lipinski definition) is 2. The number of aromatic carboxylic acids is 1. The molecule has 0 saturated heterocycles. The van der Waals surface area contributed by atoms with Gasteiger partial charge in [-0.1, -0.05) is 6.07 Å². The average molecular weight is 314 g/mol. The fourth-order valence-electron chi connectivity index (χ4n) is 1.84. The molecule has 118 valence electrons. The normalized spacial score (nSPS) is 13.4. The number of hydrogen-bond acceptors (Lipinski definition) is 4. The summed E-state index contributed by atoms with van der Waals surface area (Å²) >= 11 is 0. The van der Waals surface area contributed by atoms with Crippen molar-refractivity contribution in [1.29, 1.82) is 0 Å². The third kappa shape index (κ3) is 4.26. The summed E-state index contributed by atoms with van der Waals surface area (Å²) in [6.45, 7) is 5.45. The Bertz CT molecular complexity index is 639. The lowest BCUT2D eigenvalue weighted by Crippen LogP contribution is -2.38. The molecule has 21 heavy (non-hydrogen) atoms. The quantitative estimate of drug-likeness (QED) is 0.825. The number of likely N-dealkylation sites (N-methyl/N-ethyl adjacent to an activating group) is 1. The monoisotopic (exact) mass is 314 g/mol. The van der Waals surface area contributed by atoms with E-state index < -0.39 is 16.0 Å². The van der Waals surface area contributed by atoms with Gasteiger partial charge in [0.25, 0.3) is 0 Å². The molecular weight excluding hydrogens is 292 g/mol. The molecule has 0 amide bonds. The average Bonchev–Trinajstić information content (AvgIpc) is 2.34. The Morgan fingerprint density at radius 2 is 1.86 bits per heavy atom. The van der Waals surface area contributed by atoms with Crippen molar-refractivity contribution in [2.24, 2.45) is 0 Å². The van der Waals surface area contributed by atoms with Crippen LogP contribution in [0, 0.1) is 13.8 Å². The molecule has 0 saturated carbocycles. The van der Waals surface area contributed by atoms with Gasteiger partial charge in [0.15, 0.2) is 0 Å². The highest BCUT2D eigenvalue weighted by Crippen LogP contribution is 2.20. The minimum atomic E-state index is -3.73. The largest absolute Gasteiger partial charge is 0.478 e. The summed E-state index contributed by atoms with van der Waals surface area (Å²) < 4.78 is 27.2. The van der Waals surface area contributed by atoms with Gasteiger partial charge in [-0.2, -0.15) is 0 Å². The standard InChI is InChI=1S/C14H22N2O4S/c1-9-6-10(2)13(7-12(9)14(17)18)21(19,20)15-8-11(3)16(4)5/h6-7,11,15H,8H2,1-5H3,(H,17,18)/t11-/m0/s1. The Labute approximate surface area is 125 Å². The smallest absolute Gasteiger partial charge is 0.335 e. The topological polar surface area (TPSA) is 86.7 Å². The number of carboxylic acid groups (broad SMARTS) is 1. The summed E-state index contributed by atoms with van der Waals surface area (Å²) in [7, 11) is -0.0128. The zero-order valence-corrected chi connectivity index (χ0v) is 13.8. The van der Waals surface area contributed by atoms with Crippen LogP contribution < -0.4 is 4.72 Å². The van der Waals surface area contributed by atoms with Gasteiger partial charge in [0.05, 0.1) is 10.5 Å². The van der Waals surface area contributed by atoms with Crippen LogP contribution in [0.5, 0.6) is 0 Å². The molecule has 0 aliphatic heterocycles. The maximum Gasteiger partial charge on any atom is 0.335 e. The van der Waals surface area contributed by atoms with E-state index in [1.807, 2.05) is 25.9 Å². The highest BCUT2D eigenvalue weighted by molar-refractivity contribution is 7.89. The predicted octanol–water partition coefficient (Wildman–Crippen LogP) is 1.23. The van der Waals surface area contributed by atoms with E-state index in [1.54, 1.807) is 19.9 Å². The summed E-state index contributed by atoms with van der Waals surface area (Å²) in [6, 6.07) is 2.83. The van der Waals surface area contributed by atoms with Crippen molar-refractivity contribution in [3.63, 3.8) is 0 Å². The molecule has 1 aromatic rings. The fourth-order valence-corrected chi connectivity index (χ4v) is 3.21. The van der Waals surface area contributed by atoms with Gasteiger partial charge >= 0.3 is 5.97 Å². The van der Waals surface area contributed by atoms with Gasteiger partial charge in [0.2, 0.25) is 10.0 Å². The van der Waals surface area contributed by atoms with E-state index in [0.29, 0.717) is 11.1 Å². The molecule has 6 nitrogen and oxygen atoms in total. The van der Waals surface area contributed by atoms with Gasteiger partial charge in [-0.25, -0.2) is 17.9 Å². The number of carbonyl (C=O) groups is 1. The first-order valence-corrected chi connectivity index (χ1v) is 8.05. The van der Waals surface area contributed by atoms with Gasteiger partial charge in [-0.3, -0.25) is 0 Å². The summed E-state index contributed by atoms with van der Waals surface area (Å²) in [6.07, 6.45) is 0. The van der Waals surface area contributed by atoms with Crippen LogP contribution in [0.2, 0.25) is 0 Å². The van der Waals surface area contributed by atoms with Crippen LogP contribution in [0.15, 0.2) is 17.0 Å². The number of nitrogens with zero attached hydrogens (tertiary/aromatic N) is 1. The van der Waals surface area contributed by atoms with E-state index in [4.69, 9.17) is 5.11 Å². The lowest BCUT2D eigenvalue weighted by Gasteiger charge is -2.20. The lowest BCUT2D eigenvalue weighted by atomic mass is 10.1. The Hall–Kier alpha value is -1.44. The van der Waals surface area contributed by atoms with Crippen LogP contribution in [0.1, 0.15) is 28.4 Å². The van der Waals surface area contributed by atoms with Gasteiger partial charge in [0, 0.05) is 12.6 Å². The molecule has 0 bridgehead atoms. The molecule has 0 aliphatic rings. The summed E-state index contributed by atoms with van der Waals surface area (Å²) in [5.41, 5.74) is 1.07. The Kier molecular flexibility index (Phi) is 5.49. The van der Waals surface area contributed by atoms with E-state index in [2.05, 4.69) is 4.72 Å². The van der Waals surface area contributed by atoms with Crippen molar-refractivity contribution in [2.45, 2.75) is 31.7 Å². The first kappa shape index (κ1) is 17.6. The molecular formula is C14H22N2O4S. The van der Waals surface area contributed by atoms with Crippen LogP contribution in [0.3, 0.4) is 0 Å². The zero-order chi connectivity index (χ0) is 16.4. The maximum absolute atomic E-state index is 12.3. The third-order valence-electron chi connectivity index (χ3n) is 3.49. The van der Waals surface area contributed by atoms with Crippen molar-refractivity contribution in [3.8, 4) is 0 Å². The van der Waals surface area contributed by atoms with Crippen molar-refractivity contribution in [1.82, 2.24) is 9.62 Å². The summed E-state index contributed by atoms with van der Waals surface area (Å²) in [5, 5.41) is 9.12. The zero-order valence-electron chi connectivity index (χ0n) is 13.0. The number of nitrogens with one attached hydrogen (secondary N) is 1. The van der Waals surface area contributed by atoms with E-state index in [0.717, 1.165) is 0 Å². The second kappa shape index (κ2) is 6.55. The predicted molar refractivity (Wildman–Crippen MR) is 81.2 cm³/mol. The molecule has 2 N–H and O–H groups in total. The highest BCUT2D eigenvalue weighted by Gasteiger charge is 2.21. The van der Waals surface area contributed by atoms with Crippen LogP contribution in [0.4, 0.5) is 0 Å². The van der Waals surface area contributed by atoms with E-state index in [1.165, 1.54) is 6.07 Å². The second-order valence-corrected chi connectivity index (χ2v) is 7.14. The first-order valence-electron chi connectivity index (χ1n) is 6.57. The van der Waals surface area contributed by atoms with Crippen molar-refractivity contribution < 1.29 is 18.3 Å². The molecule has 0 aromatic heterocycles. The van der Waals surface area contributed by atoms with Crippen molar-refractivity contribution in [2.75, 3.05) is 20.6 Å². The molecule has 0 radical (unpaired) electrons. The van der Waals surface area contributed by atoms with Crippen LogP contribution in [-0.4, -0.2) is 51.1 Å². The number of benzene rings is 1. The summed E-state index contributed by atoms with van der Waals surface area (Å²) in [5.74, 6) is -1.13. The van der Waals surface area contributed by atoms with E-state index >= 15 is 0 Å². The van der Waals surface area contributed by atoms with Crippen LogP contribution in [-0.2, 0) is 10.0 Å². The molecule has 7 heteroatoms. The van der Waals surface area contributed by atoms with Gasteiger partial charge < -0.3 is 10.0 Å². The number of sulfonamides is 1. The minimum absolute atomic E-state index is 0.00151. The van der Waals surface area contributed by atoms with E-state index in [9.17, 15) is 13.2 Å². The van der Waals surface area contributed by atoms with Crippen molar-refractivity contribution in [3.05, 3.63) is 28.8 Å². The molecule has 0 heterocycles. The first-order chi connectivity index (χ1) is 9.56. The van der Waals surface area contributed by atoms with Gasteiger partial charge in [-0.05, 0) is 52.1 Å². The molecule has 0 fully saturated rings. The lowest BCUT2D eigenvalue weighted by molar-refractivity contribution is 0.0696. The molecule has 0 spiro atoms. The molecule has 1 rings (SSSR count). The van der Waals surface area contributed by atoms with Crippen LogP contribution >= 0.6 is 0 Å². The van der Waals surface area contributed by atoms with E-state index in [-0.39, 0.29) is 23.0 Å². The second-order valence-electron chi connectivity index (χ2n) is 5.40. The number of carboxylic acids is 1. The molecule has 0 unspecified atom stereocenters. The molecule has 0 aliphatic carbocycles. The van der Waals surface area contributed by atoms with Crippen molar-refractivity contribution >= 4 is 16.0 Å². The maximum atomic E-state index is 12.3. The SMILES string of the molecule is Cc1cc(C)c(S(=O)(=O)NC[C@H](C)N(C)C)cc1C(=O)O. The molecule has 1 atom stereocenters. The minimum Gasteiger partial charge on any atom is -0.478 e. The summed E-state index contributed by atoms with van der Waals surface area (Å²) in [4.78, 5) is 13.1. The number of rotatable bonds is 6. The van der Waals surface area contributed by atoms with Gasteiger partial charge in [-0.15, -0.1) is 0 Å². The third-order valence-corrected chi connectivity index (χ3v) is 5.06. The van der Waals surface area contributed by atoms with Crippen LogP contribution in [0.25, 0.3) is 0 Å². The molecule has 1 aromatic carbocycles. The number of aryl methyl sites for hydroxylation is 2. The fraction of sp³-hybridized carbons (Fsp3) is 0.500. The Balaban J connectivity index is 3.14. The van der Waals surface area contributed by atoms with Gasteiger partial charge in [0.1, 0.15) is 0 Å².